The van der Waals surface area contributed by atoms with Crippen molar-refractivity contribution in [3.05, 3.63) is 103 Å². The summed E-state index contributed by atoms with van der Waals surface area (Å²) in [5.41, 5.74) is 0.156. The summed E-state index contributed by atoms with van der Waals surface area (Å²) in [4.78, 5) is 2.09. The summed E-state index contributed by atoms with van der Waals surface area (Å²) in [7, 11) is -5.54. The first-order valence-electron chi connectivity index (χ1n) is 13.7. The lowest BCUT2D eigenvalue weighted by Crippen LogP contribution is -2.23. The van der Waals surface area contributed by atoms with Gasteiger partial charge in [-0.05, 0) is 138 Å². The molecular formula is C34H40O6S2. The topological polar surface area (TPSA) is 71.1 Å². The molecule has 0 aliphatic heterocycles. The SMILES string of the molecule is COc1cccc(S(OS(=O)(=O)c2ccc(C)cc2)(c2ccc(OC(C)(C)C)cc2)c2ccc(OC(C)(C)C)cc2)c1. The fraction of sp³-hybridized carbons (Fsp3) is 0.294. The van der Waals surface area contributed by atoms with Gasteiger partial charge >= 0.3 is 10.1 Å². The van der Waals surface area contributed by atoms with Crippen LogP contribution in [0.4, 0.5) is 0 Å². The molecule has 0 unspecified atom stereocenters. The third-order valence-electron chi connectivity index (χ3n) is 6.03. The van der Waals surface area contributed by atoms with Gasteiger partial charge in [0.1, 0.15) is 28.5 Å². The second-order valence-electron chi connectivity index (χ2n) is 11.9. The third-order valence-corrected chi connectivity index (χ3v) is 11.2. The van der Waals surface area contributed by atoms with E-state index in [0.29, 0.717) is 31.9 Å². The van der Waals surface area contributed by atoms with E-state index >= 15 is 0 Å². The monoisotopic (exact) mass is 608 g/mol. The standard InChI is InChI=1S/C34H40O6S2/c1-25-12-18-31(19-13-25)42(35,36)40-41(32-11-9-10-28(24-32)37-8,29-20-14-26(15-21-29)38-33(2,3)4)30-22-16-27(17-23-30)39-34(5,6)7/h9-24H,1-8H3. The van der Waals surface area contributed by atoms with E-state index in [2.05, 4.69) is 0 Å². The van der Waals surface area contributed by atoms with E-state index in [1.807, 2.05) is 121 Å². The van der Waals surface area contributed by atoms with Crippen LogP contribution in [0.15, 0.2) is 117 Å². The number of hydrogen-bond acceptors (Lipinski definition) is 6. The molecule has 0 N–H and O–H groups in total. The molecular weight excluding hydrogens is 569 g/mol. The number of ether oxygens (including phenoxy) is 3. The highest BCUT2D eigenvalue weighted by Gasteiger charge is 2.39. The second-order valence-corrected chi connectivity index (χ2v) is 16.4. The largest absolute Gasteiger partial charge is 0.497 e. The van der Waals surface area contributed by atoms with Crippen molar-refractivity contribution in [2.24, 2.45) is 0 Å². The summed E-state index contributed by atoms with van der Waals surface area (Å²) >= 11 is 0. The summed E-state index contributed by atoms with van der Waals surface area (Å²) in [5, 5.41) is 0. The number of methoxy groups -OCH3 is 1. The van der Waals surface area contributed by atoms with Crippen LogP contribution in [0.5, 0.6) is 17.2 Å². The van der Waals surface area contributed by atoms with E-state index < -0.39 is 31.6 Å². The predicted molar refractivity (Wildman–Crippen MR) is 168 cm³/mol. The first-order valence-corrected chi connectivity index (χ1v) is 16.7. The van der Waals surface area contributed by atoms with Gasteiger partial charge in [0, 0.05) is 14.7 Å². The fourth-order valence-corrected chi connectivity index (χ4v) is 9.50. The van der Waals surface area contributed by atoms with Crippen molar-refractivity contribution < 1.29 is 26.3 Å². The maximum atomic E-state index is 14.1. The molecule has 0 saturated carbocycles. The molecule has 0 fully saturated rings. The normalized spacial score (nSPS) is 13.0. The van der Waals surface area contributed by atoms with Crippen molar-refractivity contribution in [2.75, 3.05) is 7.11 Å². The van der Waals surface area contributed by atoms with Gasteiger partial charge in [0.25, 0.3) is 0 Å². The van der Waals surface area contributed by atoms with E-state index in [-0.39, 0.29) is 4.90 Å². The minimum atomic E-state index is -4.24. The lowest BCUT2D eigenvalue weighted by atomic mass is 10.2. The van der Waals surface area contributed by atoms with E-state index in [4.69, 9.17) is 17.8 Å². The Balaban J connectivity index is 1.99. The molecule has 6 nitrogen and oxygen atoms in total. The van der Waals surface area contributed by atoms with Gasteiger partial charge in [0.15, 0.2) is 0 Å². The average molecular weight is 609 g/mol. The van der Waals surface area contributed by atoms with Gasteiger partial charge in [0.05, 0.1) is 12.0 Å². The Bertz CT molecular complexity index is 1540. The summed E-state index contributed by atoms with van der Waals surface area (Å²) in [6, 6.07) is 28.9. The van der Waals surface area contributed by atoms with Gasteiger partial charge in [0.2, 0.25) is 0 Å². The molecule has 4 rings (SSSR count). The van der Waals surface area contributed by atoms with Gasteiger partial charge in [-0.15, -0.1) is 0 Å². The second kappa shape index (κ2) is 12.0. The first-order chi connectivity index (χ1) is 19.6. The van der Waals surface area contributed by atoms with Crippen LogP contribution in [0.1, 0.15) is 47.1 Å². The van der Waals surface area contributed by atoms with Crippen LogP contribution in [-0.2, 0) is 13.7 Å². The van der Waals surface area contributed by atoms with Gasteiger partial charge in [-0.3, -0.25) is 0 Å². The molecule has 224 valence electrons. The highest BCUT2D eigenvalue weighted by atomic mass is 32.3. The number of benzene rings is 4. The quantitative estimate of drug-likeness (QED) is 0.189. The average Bonchev–Trinajstić information content (AvgIpc) is 2.91. The number of aryl methyl sites for hydroxylation is 1. The van der Waals surface area contributed by atoms with Crippen molar-refractivity contribution in [3.63, 3.8) is 0 Å². The van der Waals surface area contributed by atoms with Crippen LogP contribution in [0.3, 0.4) is 0 Å². The zero-order valence-electron chi connectivity index (χ0n) is 25.5. The number of hydrogen-bond donors (Lipinski definition) is 0. The molecule has 8 heteroatoms. The Morgan fingerprint density at radius 1 is 0.548 bits per heavy atom. The predicted octanol–water partition coefficient (Wildman–Crippen LogP) is 8.96. The zero-order chi connectivity index (χ0) is 30.8. The van der Waals surface area contributed by atoms with E-state index in [1.165, 1.54) is 0 Å². The van der Waals surface area contributed by atoms with Crippen molar-refractivity contribution in [1.29, 1.82) is 0 Å². The first kappa shape index (κ1) is 31.5. The Morgan fingerprint density at radius 2 is 1.00 bits per heavy atom. The van der Waals surface area contributed by atoms with E-state index in [1.54, 1.807) is 31.4 Å². The fourth-order valence-electron chi connectivity index (χ4n) is 4.29. The van der Waals surface area contributed by atoms with Gasteiger partial charge in [-0.2, -0.15) is 8.42 Å². The van der Waals surface area contributed by atoms with Crippen LogP contribution in [0.25, 0.3) is 0 Å². The molecule has 0 heterocycles. The van der Waals surface area contributed by atoms with Gasteiger partial charge < -0.3 is 14.2 Å². The molecule has 0 aliphatic rings. The van der Waals surface area contributed by atoms with Crippen LogP contribution in [0.2, 0.25) is 0 Å². The van der Waals surface area contributed by atoms with Gasteiger partial charge in [-0.25, -0.2) is 3.63 Å². The molecule has 0 spiro atoms. The smallest absolute Gasteiger partial charge is 0.307 e. The highest BCUT2D eigenvalue weighted by molar-refractivity contribution is 8.33. The number of rotatable bonds is 9. The molecule has 0 amide bonds. The Kier molecular flexibility index (Phi) is 9.02. The molecule has 0 aromatic heterocycles. The van der Waals surface area contributed by atoms with Crippen LogP contribution < -0.4 is 14.2 Å². The van der Waals surface area contributed by atoms with Crippen LogP contribution >= 0.6 is 10.3 Å². The molecule has 0 radical (unpaired) electrons. The maximum absolute atomic E-state index is 14.1. The molecule has 4 aromatic rings. The van der Waals surface area contributed by atoms with Crippen molar-refractivity contribution >= 4 is 20.4 Å². The molecule has 0 bridgehead atoms. The summed E-state index contributed by atoms with van der Waals surface area (Å²) < 4.78 is 52.3. The van der Waals surface area contributed by atoms with Crippen LogP contribution in [-0.4, -0.2) is 26.7 Å². The summed E-state index contributed by atoms with van der Waals surface area (Å²) in [5.74, 6) is 1.92. The Labute approximate surface area is 252 Å². The molecule has 42 heavy (non-hydrogen) atoms. The Hall–Kier alpha value is -3.46. The van der Waals surface area contributed by atoms with Crippen molar-refractivity contribution in [1.82, 2.24) is 0 Å². The highest BCUT2D eigenvalue weighted by Crippen LogP contribution is 2.70. The molecule has 0 atom stereocenters. The van der Waals surface area contributed by atoms with Crippen molar-refractivity contribution in [3.8, 4) is 17.2 Å². The van der Waals surface area contributed by atoms with E-state index in [9.17, 15) is 8.42 Å². The van der Waals surface area contributed by atoms with Crippen LogP contribution in [0, 0.1) is 6.92 Å². The minimum Gasteiger partial charge on any atom is -0.497 e. The molecule has 0 saturated heterocycles. The molecule has 4 aromatic carbocycles. The summed E-state index contributed by atoms with van der Waals surface area (Å²) in [6.07, 6.45) is 0. The minimum absolute atomic E-state index is 0.0771. The lowest BCUT2D eigenvalue weighted by molar-refractivity contribution is 0.130. The van der Waals surface area contributed by atoms with Crippen molar-refractivity contribution in [2.45, 2.75) is 79.3 Å². The third kappa shape index (κ3) is 7.48. The van der Waals surface area contributed by atoms with Gasteiger partial charge in [-0.1, -0.05) is 23.8 Å². The maximum Gasteiger partial charge on any atom is 0.307 e. The zero-order valence-corrected chi connectivity index (χ0v) is 27.1. The lowest BCUT2D eigenvalue weighted by Gasteiger charge is -2.39. The molecule has 0 aliphatic carbocycles. The Morgan fingerprint density at radius 3 is 1.43 bits per heavy atom. The van der Waals surface area contributed by atoms with E-state index in [0.717, 1.165) is 5.56 Å². The summed E-state index contributed by atoms with van der Waals surface area (Å²) in [6.45, 7) is 13.8.